The zero-order valence-corrected chi connectivity index (χ0v) is 74.3. The van der Waals surface area contributed by atoms with E-state index in [2.05, 4.69) is 263 Å². The van der Waals surface area contributed by atoms with Gasteiger partial charge in [-0.2, -0.15) is 0 Å². The number of amidine groups is 3. The monoisotopic (exact) mass is 1490 g/mol. The van der Waals surface area contributed by atoms with E-state index in [1.165, 1.54) is 25.1 Å². The topological polar surface area (TPSA) is 300 Å². The van der Waals surface area contributed by atoms with Crippen LogP contribution in [-0.2, 0) is 18.9 Å². The smallest absolute Gasteiger partial charge is 0.488 e. The fourth-order valence-corrected chi connectivity index (χ4v) is 9.43. The molecule has 2 heterocycles. The molecule has 2 aliphatic heterocycles. The minimum Gasteiger partial charge on any atom is -0.525 e. The van der Waals surface area contributed by atoms with E-state index < -0.39 is 20.9 Å². The lowest BCUT2D eigenvalue weighted by Gasteiger charge is -2.57. The van der Waals surface area contributed by atoms with Crippen LogP contribution in [0.3, 0.4) is 0 Å². The quantitative estimate of drug-likeness (QED) is 0.0568. The molecule has 5 unspecified atom stereocenters. The number of aliphatic hydroxyl groups is 2. The van der Waals surface area contributed by atoms with Gasteiger partial charge in [-0.05, 0) is 98.2 Å². The Morgan fingerprint density at radius 3 is 0.991 bits per heavy atom. The van der Waals surface area contributed by atoms with Crippen molar-refractivity contribution < 1.29 is 54.1 Å². The van der Waals surface area contributed by atoms with Crippen LogP contribution < -0.4 is 38.1 Å². The van der Waals surface area contributed by atoms with Gasteiger partial charge in [0.1, 0.15) is 11.6 Å². The minimum atomic E-state index is -1.66. The van der Waals surface area contributed by atoms with Crippen molar-refractivity contribution in [2.75, 3.05) is 19.8 Å². The summed E-state index contributed by atoms with van der Waals surface area (Å²) in [5.74, 6) is 2.60. The summed E-state index contributed by atoms with van der Waals surface area (Å²) < 4.78 is 13.1. The van der Waals surface area contributed by atoms with E-state index in [1.54, 1.807) is 48.5 Å². The molecule has 19 heteroatoms. The molecule has 16 nitrogen and oxygen atoms in total. The zero-order chi connectivity index (χ0) is 84.2. The van der Waals surface area contributed by atoms with Crippen molar-refractivity contribution in [2.24, 2.45) is 78.0 Å². The summed E-state index contributed by atoms with van der Waals surface area (Å²) >= 11 is 0. The first-order valence-electron chi connectivity index (χ1n) is 39.2. The van der Waals surface area contributed by atoms with Crippen molar-refractivity contribution in [3.63, 3.8) is 0 Å². The van der Waals surface area contributed by atoms with Gasteiger partial charge in [-0.1, -0.05) is 339 Å². The van der Waals surface area contributed by atoms with Crippen LogP contribution in [0, 0.1) is 77.3 Å². The highest BCUT2D eigenvalue weighted by atomic mass is 16.7. The SMILES string of the molecule is CC(C)(C)C.CC(C)(C)C.CC(C)(C)C.CC(C)(C)C.CC(C)(C)C.CC(C)(C)C.CC(C)(C)CC(=N)N.CC(C)(C)CC(=N)N.CC(C)(C)CC1=[NH+][B-]2(c3ccccc3)OCC3CCCCC3(N1)O2.O=C1CCCCC1CO.O=C1CCCCC1CO.OB(O)c1ccccc1.OB(O)c1ccccc1. The number of nitrogens with two attached hydrogens (primary N) is 2. The van der Waals surface area contributed by atoms with Crippen molar-refractivity contribution in [3.05, 3.63) is 91.0 Å². The Bertz CT molecular complexity index is 2560. The second-order valence-electron chi connectivity index (χ2n) is 42.2. The van der Waals surface area contributed by atoms with Gasteiger partial charge >= 0.3 is 20.9 Å². The summed E-state index contributed by atoms with van der Waals surface area (Å²) in [6, 6.07) is 27.7. The lowest BCUT2D eigenvalue weighted by Crippen LogP contribution is -3.05. The molecule has 0 aromatic heterocycles. The second kappa shape index (κ2) is 52.5. The highest BCUT2D eigenvalue weighted by molar-refractivity contribution is 6.73. The van der Waals surface area contributed by atoms with E-state index in [4.69, 9.17) is 61.9 Å². The van der Waals surface area contributed by atoms with E-state index in [0.29, 0.717) is 75.0 Å². The van der Waals surface area contributed by atoms with Crippen LogP contribution >= 0.6 is 0 Å². The predicted molar refractivity (Wildman–Crippen MR) is 460 cm³/mol. The second-order valence-corrected chi connectivity index (χ2v) is 42.2. The van der Waals surface area contributed by atoms with Gasteiger partial charge in [0.2, 0.25) is 5.84 Å². The molecule has 5 aliphatic rings. The van der Waals surface area contributed by atoms with E-state index in [9.17, 15) is 9.59 Å². The zero-order valence-electron chi connectivity index (χ0n) is 74.3. The van der Waals surface area contributed by atoms with Crippen LogP contribution in [0.4, 0.5) is 0 Å². The van der Waals surface area contributed by atoms with Gasteiger partial charge in [0.25, 0.3) is 0 Å². The third-order valence-electron chi connectivity index (χ3n) is 13.0. The summed E-state index contributed by atoms with van der Waals surface area (Å²) in [5, 5.41) is 69.2. The Hall–Kier alpha value is -4.72. The summed E-state index contributed by atoms with van der Waals surface area (Å²) in [5.41, 5.74) is 15.8. The van der Waals surface area contributed by atoms with Gasteiger partial charge in [-0.3, -0.25) is 25.7 Å². The van der Waals surface area contributed by atoms with Crippen molar-refractivity contribution in [2.45, 2.75) is 331 Å². The van der Waals surface area contributed by atoms with Gasteiger partial charge in [-0.25, -0.2) is 0 Å². The lowest BCUT2D eigenvalue weighted by atomic mass is 9.60. The van der Waals surface area contributed by atoms with Gasteiger partial charge in [-0.15, -0.1) is 5.46 Å². The number of hydrogen-bond donors (Lipinski definition) is 12. The maximum atomic E-state index is 10.9. The third kappa shape index (κ3) is 78.9. The Labute approximate surface area is 652 Å². The van der Waals surface area contributed by atoms with Gasteiger partial charge in [0.05, 0.1) is 24.9 Å². The average molecular weight is 1490 g/mol. The van der Waals surface area contributed by atoms with Crippen LogP contribution in [0.2, 0.25) is 0 Å². The number of aliphatic hydroxyl groups excluding tert-OH is 2. The molecule has 3 aromatic rings. The van der Waals surface area contributed by atoms with Gasteiger partial charge in [0.15, 0.2) is 5.72 Å². The van der Waals surface area contributed by atoms with E-state index in [-0.39, 0.29) is 70.3 Å². The normalized spacial score (nSPS) is 19.6. The molecule has 614 valence electrons. The standard InChI is InChI=1S/C19H29BN2O2.2C7H12O2.2C6H7BO2.2C6H14N2.6C5H12/c1-18(2,3)13-17-21-19-12-8-7-9-15(19)14-23-20(22-17,24-19)16-10-5-4-6-11-16;2*8-5-6-3-1-2-4-7(6)9;2*8-7(9)6-4-2-1-3-5-6;2*1-6(2,3)4-5(7)8;6*1-5(2,3)4/h4-6,10-11,15,21-22H,7-9,12-14H2,1-3H3;2*6,8H,1-5H2;2*1-5,8-9H;2*4H2,1-3H3,(H3,7,8);6*1-4H3. The first-order valence-corrected chi connectivity index (χ1v) is 39.2. The maximum absolute atomic E-state index is 10.9. The molecule has 3 aliphatic carbocycles. The highest BCUT2D eigenvalue weighted by Crippen LogP contribution is 2.41. The molecule has 2 bridgehead atoms. The molecule has 8 rings (SSSR count). The summed E-state index contributed by atoms with van der Waals surface area (Å²) in [6.07, 6.45) is 14.5. The molecule has 4 fully saturated rings. The molecule has 1 saturated heterocycles. The highest BCUT2D eigenvalue weighted by Gasteiger charge is 2.58. The Balaban J connectivity index is -0.000000364. The van der Waals surface area contributed by atoms with E-state index in [0.717, 1.165) is 63.4 Å². The summed E-state index contributed by atoms with van der Waals surface area (Å²) in [4.78, 5) is 25.4. The molecule has 3 aromatic carbocycles. The molecule has 1 spiro atoms. The third-order valence-corrected chi connectivity index (χ3v) is 13.0. The molecule has 5 atom stereocenters. The number of rotatable bonds is 8. The number of carbonyl (C=O) groups excluding carboxylic acids is 2. The number of carbonyl (C=O) groups is 2. The maximum Gasteiger partial charge on any atom is 0.488 e. The van der Waals surface area contributed by atoms with Crippen molar-refractivity contribution >= 4 is 66.4 Å². The molecule has 106 heavy (non-hydrogen) atoms. The van der Waals surface area contributed by atoms with Crippen LogP contribution in [0.1, 0.15) is 325 Å². The fraction of sp³-hybridized carbons (Fsp3) is 0.736. The van der Waals surface area contributed by atoms with Crippen LogP contribution in [-0.4, -0.2) is 106 Å². The molecule has 14 N–H and O–H groups in total. The molecular weight excluding hydrogens is 1320 g/mol. The first kappa shape index (κ1) is 110. The average Bonchev–Trinajstić information content (AvgIpc) is 0.724. The number of fused-ring (bicyclic) bond motifs is 1. The molecule has 0 amide bonds. The molecule has 0 radical (unpaired) electrons. The minimum absolute atomic E-state index is 0.0289. The molecule has 3 saturated carbocycles. The first-order chi connectivity index (χ1) is 47.5. The van der Waals surface area contributed by atoms with Crippen LogP contribution in [0.5, 0.6) is 0 Å². The van der Waals surface area contributed by atoms with Crippen molar-refractivity contribution in [1.29, 1.82) is 10.8 Å². The number of benzene rings is 3. The van der Waals surface area contributed by atoms with Gasteiger partial charge in [0, 0.05) is 62.9 Å². The molecular formula is C87H167B3N6O10. The van der Waals surface area contributed by atoms with Crippen molar-refractivity contribution in [3.8, 4) is 0 Å². The fourth-order valence-electron chi connectivity index (χ4n) is 9.43. The predicted octanol–water partition coefficient (Wildman–Crippen LogP) is 16.5. The summed E-state index contributed by atoms with van der Waals surface area (Å²) in [6.45, 7) is 70.9. The van der Waals surface area contributed by atoms with Crippen LogP contribution in [0.15, 0.2) is 91.0 Å². The largest absolute Gasteiger partial charge is 0.525 e. The lowest BCUT2D eigenvalue weighted by molar-refractivity contribution is -0.400. The number of nitrogens with one attached hydrogen (secondary N) is 4. The Morgan fingerprint density at radius 1 is 0.472 bits per heavy atom. The van der Waals surface area contributed by atoms with Crippen molar-refractivity contribution in [1.82, 2.24) is 5.32 Å². The number of ketones is 2. The Kier molecular flexibility index (Phi) is 54.4. The van der Waals surface area contributed by atoms with E-state index >= 15 is 0 Å². The van der Waals surface area contributed by atoms with E-state index in [1.807, 2.05) is 18.2 Å². The summed E-state index contributed by atoms with van der Waals surface area (Å²) in [7, 11) is -2.68. The number of hydrogen-bond acceptors (Lipinski definition) is 13. The number of Topliss-reactive ketones (excluding diaryl/α,β-unsaturated/α-hetero) is 2. The Morgan fingerprint density at radius 2 is 0.764 bits per heavy atom. The van der Waals surface area contributed by atoms with Gasteiger partial charge < -0.3 is 56.0 Å². The van der Waals surface area contributed by atoms with Crippen LogP contribution in [0.25, 0.3) is 0 Å².